The number of hydrogen-bond acceptors (Lipinski definition) is 8. The summed E-state index contributed by atoms with van der Waals surface area (Å²) in [7, 11) is 5.34. The minimum Gasteiger partial charge on any atom is -0.493 e. The summed E-state index contributed by atoms with van der Waals surface area (Å²) < 4.78 is 18.9. The molecule has 3 heterocycles. The van der Waals surface area contributed by atoms with Crippen molar-refractivity contribution in [3.8, 4) is 17.2 Å². The van der Waals surface area contributed by atoms with Crippen LogP contribution in [0.4, 0.5) is 11.5 Å². The topological polar surface area (TPSA) is 103 Å². The largest absolute Gasteiger partial charge is 0.493 e. The van der Waals surface area contributed by atoms with Crippen LogP contribution in [0.2, 0.25) is 0 Å². The van der Waals surface area contributed by atoms with Crippen molar-refractivity contribution in [3.05, 3.63) is 89.9 Å². The van der Waals surface area contributed by atoms with E-state index in [0.717, 1.165) is 42.7 Å². The monoisotopic (exact) mass is 570 g/mol. The summed E-state index contributed by atoms with van der Waals surface area (Å²) in [6.07, 6.45) is 7.48. The highest BCUT2D eigenvalue weighted by Gasteiger charge is 2.19. The highest BCUT2D eigenvalue weighted by molar-refractivity contribution is 5.94. The van der Waals surface area contributed by atoms with Gasteiger partial charge in [0.05, 0.1) is 32.1 Å². The average molecular weight is 571 g/mol. The van der Waals surface area contributed by atoms with Crippen LogP contribution in [0.3, 0.4) is 0 Å². The minimum atomic E-state index is -0.286. The summed E-state index contributed by atoms with van der Waals surface area (Å²) in [4.78, 5) is 19.7. The van der Waals surface area contributed by atoms with E-state index >= 15 is 0 Å². The van der Waals surface area contributed by atoms with Crippen molar-refractivity contribution in [2.45, 2.75) is 38.5 Å². The molecule has 5 rings (SSSR count). The maximum Gasteiger partial charge on any atom is 0.251 e. The number of methoxy groups -OCH3 is 2. The van der Waals surface area contributed by atoms with Crippen LogP contribution >= 0.6 is 0 Å². The number of aromatic nitrogens is 3. The number of benzene rings is 2. The standard InChI is InChI=1S/C32H38N6O4/c1-22(24-6-5-7-25(17-24)32(39)34-19-23-8-9-29(40-3)30(16-23)41-4)42-28-10-13-33-31(18-28)36-26-20-35-38(21-26)27-11-14-37(2)15-12-27/h5-10,13,16-18,20-22,27H,11-12,14-15,19H2,1-4H3,(H,33,36)(H,34,39). The number of amides is 1. The molecule has 10 heteroatoms. The molecule has 1 atom stereocenters. The molecule has 2 aromatic carbocycles. The Balaban J connectivity index is 1.18. The van der Waals surface area contributed by atoms with Crippen LogP contribution in [0.25, 0.3) is 0 Å². The van der Waals surface area contributed by atoms with Gasteiger partial charge in [-0.3, -0.25) is 9.48 Å². The lowest BCUT2D eigenvalue weighted by atomic mass is 10.1. The Kier molecular flexibility index (Phi) is 9.23. The van der Waals surface area contributed by atoms with Crippen molar-refractivity contribution in [1.29, 1.82) is 0 Å². The van der Waals surface area contributed by atoms with Crippen LogP contribution in [0, 0.1) is 0 Å². The van der Waals surface area contributed by atoms with Crippen LogP contribution in [0.5, 0.6) is 17.2 Å². The highest BCUT2D eigenvalue weighted by atomic mass is 16.5. The van der Waals surface area contributed by atoms with Gasteiger partial charge in [0.15, 0.2) is 11.5 Å². The normalized spacial score (nSPS) is 14.7. The third-order valence-electron chi connectivity index (χ3n) is 7.50. The van der Waals surface area contributed by atoms with Gasteiger partial charge >= 0.3 is 0 Å². The van der Waals surface area contributed by atoms with Crippen molar-refractivity contribution < 1.29 is 19.0 Å². The van der Waals surface area contributed by atoms with E-state index in [4.69, 9.17) is 14.2 Å². The summed E-state index contributed by atoms with van der Waals surface area (Å²) in [6, 6.07) is 17.1. The molecule has 42 heavy (non-hydrogen) atoms. The first-order chi connectivity index (χ1) is 20.4. The summed E-state index contributed by atoms with van der Waals surface area (Å²) in [5, 5.41) is 10.9. The summed E-state index contributed by atoms with van der Waals surface area (Å²) in [5.41, 5.74) is 3.24. The molecule has 1 unspecified atom stereocenters. The zero-order valence-electron chi connectivity index (χ0n) is 24.5. The van der Waals surface area contributed by atoms with E-state index < -0.39 is 0 Å². The van der Waals surface area contributed by atoms with Crippen LogP contribution in [-0.2, 0) is 6.54 Å². The summed E-state index contributed by atoms with van der Waals surface area (Å²) in [6.45, 7) is 4.48. The maximum atomic E-state index is 12.9. The molecular weight excluding hydrogens is 532 g/mol. The number of carbonyl (C=O) groups is 1. The van der Waals surface area contributed by atoms with Crippen molar-refractivity contribution in [1.82, 2.24) is 25.0 Å². The fraction of sp³-hybridized carbons (Fsp3) is 0.344. The Bertz CT molecular complexity index is 1500. The number of ether oxygens (including phenoxy) is 3. The van der Waals surface area contributed by atoms with Crippen molar-refractivity contribution >= 4 is 17.4 Å². The fourth-order valence-corrected chi connectivity index (χ4v) is 5.04. The Morgan fingerprint density at radius 2 is 1.86 bits per heavy atom. The maximum absolute atomic E-state index is 12.9. The lowest BCUT2D eigenvalue weighted by Crippen LogP contribution is -2.31. The number of hydrogen-bond donors (Lipinski definition) is 2. The molecule has 220 valence electrons. The Labute approximate surface area is 246 Å². The fourth-order valence-electron chi connectivity index (χ4n) is 5.04. The molecule has 1 aliphatic heterocycles. The van der Waals surface area contributed by atoms with E-state index in [0.29, 0.717) is 41.2 Å². The Hall–Kier alpha value is -4.57. The molecule has 0 saturated carbocycles. The molecule has 0 spiro atoms. The van der Waals surface area contributed by atoms with Gasteiger partial charge in [-0.05, 0) is 81.4 Å². The second kappa shape index (κ2) is 13.4. The smallest absolute Gasteiger partial charge is 0.251 e. The summed E-state index contributed by atoms with van der Waals surface area (Å²) in [5.74, 6) is 2.44. The molecular formula is C32H38N6O4. The Morgan fingerprint density at radius 1 is 1.05 bits per heavy atom. The van der Waals surface area contributed by atoms with E-state index in [1.165, 1.54) is 0 Å². The van der Waals surface area contributed by atoms with Gasteiger partial charge in [-0.25, -0.2) is 4.98 Å². The highest BCUT2D eigenvalue weighted by Crippen LogP contribution is 2.28. The van der Waals surface area contributed by atoms with E-state index in [1.807, 2.05) is 67.8 Å². The SMILES string of the molecule is COc1ccc(CNC(=O)c2cccc(C(C)Oc3ccnc(Nc4cnn(C5CCN(C)CC5)c4)c3)c2)cc1OC. The van der Waals surface area contributed by atoms with Crippen LogP contribution in [0.15, 0.2) is 73.2 Å². The molecule has 2 aromatic heterocycles. The number of nitrogens with one attached hydrogen (secondary N) is 2. The van der Waals surface area contributed by atoms with Gasteiger partial charge in [0, 0.05) is 30.6 Å². The van der Waals surface area contributed by atoms with E-state index in [-0.39, 0.29) is 12.0 Å². The van der Waals surface area contributed by atoms with E-state index in [2.05, 4.69) is 37.3 Å². The number of piperidine rings is 1. The first-order valence-electron chi connectivity index (χ1n) is 14.1. The zero-order chi connectivity index (χ0) is 29.5. The van der Waals surface area contributed by atoms with Gasteiger partial charge in [-0.15, -0.1) is 0 Å². The van der Waals surface area contributed by atoms with Crippen molar-refractivity contribution in [2.24, 2.45) is 0 Å². The average Bonchev–Trinajstić information content (AvgIpc) is 3.48. The lowest BCUT2D eigenvalue weighted by Gasteiger charge is -2.28. The van der Waals surface area contributed by atoms with Gasteiger partial charge < -0.3 is 29.7 Å². The van der Waals surface area contributed by atoms with Crippen LogP contribution in [-0.4, -0.2) is 59.9 Å². The second-order valence-electron chi connectivity index (χ2n) is 10.5. The number of rotatable bonds is 11. The number of pyridine rings is 1. The lowest BCUT2D eigenvalue weighted by molar-refractivity contribution is 0.0950. The van der Waals surface area contributed by atoms with E-state index in [9.17, 15) is 4.79 Å². The first kappa shape index (κ1) is 28.9. The zero-order valence-corrected chi connectivity index (χ0v) is 24.5. The summed E-state index contributed by atoms with van der Waals surface area (Å²) >= 11 is 0. The van der Waals surface area contributed by atoms with Crippen LogP contribution < -0.4 is 24.8 Å². The molecule has 1 aliphatic rings. The third kappa shape index (κ3) is 7.19. The van der Waals surface area contributed by atoms with Gasteiger partial charge in [-0.2, -0.15) is 5.10 Å². The molecule has 1 fully saturated rings. The number of anilines is 2. The van der Waals surface area contributed by atoms with E-state index in [1.54, 1.807) is 26.5 Å². The molecule has 0 aliphatic carbocycles. The van der Waals surface area contributed by atoms with Crippen molar-refractivity contribution in [2.75, 3.05) is 39.7 Å². The molecule has 1 saturated heterocycles. The predicted molar refractivity (Wildman–Crippen MR) is 162 cm³/mol. The quantitative estimate of drug-likeness (QED) is 0.248. The number of likely N-dealkylation sites (tertiary alicyclic amines) is 1. The molecule has 4 aromatic rings. The molecule has 2 N–H and O–H groups in total. The number of nitrogens with zero attached hydrogens (tertiary/aromatic N) is 4. The molecule has 10 nitrogen and oxygen atoms in total. The predicted octanol–water partition coefficient (Wildman–Crippen LogP) is 5.38. The second-order valence-corrected chi connectivity index (χ2v) is 10.5. The number of carbonyl (C=O) groups excluding carboxylic acids is 1. The molecule has 0 bridgehead atoms. The van der Waals surface area contributed by atoms with Crippen molar-refractivity contribution in [3.63, 3.8) is 0 Å². The van der Waals surface area contributed by atoms with Crippen LogP contribution in [0.1, 0.15) is 53.4 Å². The van der Waals surface area contributed by atoms with Gasteiger partial charge in [0.2, 0.25) is 0 Å². The van der Waals surface area contributed by atoms with Gasteiger partial charge in [-0.1, -0.05) is 18.2 Å². The molecule has 1 amide bonds. The van der Waals surface area contributed by atoms with Gasteiger partial charge in [0.1, 0.15) is 17.7 Å². The minimum absolute atomic E-state index is 0.171. The molecule has 0 radical (unpaired) electrons. The first-order valence-corrected chi connectivity index (χ1v) is 14.1. The third-order valence-corrected chi connectivity index (χ3v) is 7.50. The Morgan fingerprint density at radius 3 is 2.64 bits per heavy atom. The van der Waals surface area contributed by atoms with Gasteiger partial charge in [0.25, 0.3) is 5.91 Å².